The van der Waals surface area contributed by atoms with E-state index in [2.05, 4.69) is 12.3 Å². The van der Waals surface area contributed by atoms with E-state index in [9.17, 15) is 13.2 Å². The van der Waals surface area contributed by atoms with Crippen molar-refractivity contribution >= 4 is 40.3 Å². The first-order valence-corrected chi connectivity index (χ1v) is 6.83. The maximum absolute atomic E-state index is 12.1. The molecule has 0 radical (unpaired) electrons. The van der Waals surface area contributed by atoms with Crippen molar-refractivity contribution in [2.24, 2.45) is 0 Å². The summed E-state index contributed by atoms with van der Waals surface area (Å²) < 4.78 is 49.5. The molecule has 11 heavy (non-hydrogen) atoms. The van der Waals surface area contributed by atoms with Crippen LogP contribution in [0.25, 0.3) is 0 Å². The summed E-state index contributed by atoms with van der Waals surface area (Å²) in [5, 5.41) is 0. The van der Waals surface area contributed by atoms with E-state index in [0.717, 1.165) is 0 Å². The molecule has 0 aliphatic carbocycles. The van der Waals surface area contributed by atoms with Crippen LogP contribution >= 0.6 is 0 Å². The van der Waals surface area contributed by atoms with Crippen LogP contribution < -0.4 is 0 Å². The van der Waals surface area contributed by atoms with Crippen LogP contribution in [0.4, 0.5) is 13.2 Å². The predicted molar refractivity (Wildman–Crippen MR) is 44.9 cm³/mol. The molecule has 0 atom stereocenters. The zero-order valence-electron chi connectivity index (χ0n) is 6.36. The molecule has 0 bridgehead atoms. The third-order valence-corrected chi connectivity index (χ3v) is 8.30. The lowest BCUT2D eigenvalue weighted by molar-refractivity contribution is -0.0983. The van der Waals surface area contributed by atoms with E-state index in [-0.39, 0.29) is 31.5 Å². The van der Waals surface area contributed by atoms with Gasteiger partial charge in [-0.3, -0.25) is 0 Å². The van der Waals surface area contributed by atoms with Gasteiger partial charge >= 0.3 is 14.6 Å². The monoisotopic (exact) mass is 238 g/mol. The summed E-state index contributed by atoms with van der Waals surface area (Å²) in [5.74, 6) is -4.46. The van der Waals surface area contributed by atoms with Gasteiger partial charge in [0.2, 0.25) is 0 Å². The van der Waals surface area contributed by atoms with Crippen molar-refractivity contribution in [1.82, 2.24) is 0 Å². The Bertz CT molecular complexity index is 114. The van der Waals surface area contributed by atoms with Gasteiger partial charge in [0.15, 0.2) is 0 Å². The van der Waals surface area contributed by atoms with Crippen LogP contribution in [0.5, 0.6) is 0 Å². The van der Waals surface area contributed by atoms with E-state index < -0.39 is 14.6 Å². The first-order chi connectivity index (χ1) is 4.93. The Hall–Kier alpha value is 0.538. The first kappa shape index (κ1) is 11.5. The first-order valence-electron chi connectivity index (χ1n) is 2.65. The highest BCUT2D eigenvalue weighted by Crippen LogP contribution is 2.29. The summed E-state index contributed by atoms with van der Waals surface area (Å²) in [6.07, 6.45) is 0. The number of hydrogen-bond donors (Lipinski definition) is 0. The molecule has 0 saturated heterocycles. The van der Waals surface area contributed by atoms with Crippen LogP contribution in [-0.4, -0.2) is 46.1 Å². The van der Waals surface area contributed by atoms with Crippen molar-refractivity contribution in [2.75, 3.05) is 0 Å². The van der Waals surface area contributed by atoms with Crippen molar-refractivity contribution < 1.29 is 25.5 Å². The number of rotatable bonds is 3. The maximum Gasteiger partial charge on any atom is 0.583 e. The van der Waals surface area contributed by atoms with Gasteiger partial charge in [0, 0.05) is 0 Å². The molecular formula is CH9F3O3Si4. The van der Waals surface area contributed by atoms with E-state index in [1.54, 1.807) is 0 Å². The smallest absolute Gasteiger partial charge is 0.420 e. The standard InChI is InChI=1S/CH9F3O3Si4/c2-1(3,4)11(5-8,6-9)7-10/h8-10H3. The molecule has 0 heterocycles. The fourth-order valence-corrected chi connectivity index (χ4v) is 9.87. The maximum atomic E-state index is 12.1. The molecule has 0 spiro atoms. The van der Waals surface area contributed by atoms with Crippen LogP contribution in [0.2, 0.25) is 0 Å². The van der Waals surface area contributed by atoms with Gasteiger partial charge in [0.1, 0.15) is 31.5 Å². The average molecular weight is 238 g/mol. The zero-order valence-corrected chi connectivity index (χ0v) is 13.4. The molecule has 0 aromatic rings. The van der Waals surface area contributed by atoms with Gasteiger partial charge in [-0.05, 0) is 0 Å². The highest BCUT2D eigenvalue weighted by Gasteiger charge is 2.63. The van der Waals surface area contributed by atoms with Crippen LogP contribution in [0.15, 0.2) is 0 Å². The fraction of sp³-hybridized carbons (Fsp3) is 1.00. The summed E-state index contributed by atoms with van der Waals surface area (Å²) in [5.41, 5.74) is 0. The Balaban J connectivity index is 4.54. The Morgan fingerprint density at radius 2 is 1.18 bits per heavy atom. The molecule has 0 N–H and O–H groups in total. The van der Waals surface area contributed by atoms with Crippen LogP contribution in [0.3, 0.4) is 0 Å². The van der Waals surface area contributed by atoms with Crippen LogP contribution in [0, 0.1) is 0 Å². The Labute approximate surface area is 72.2 Å². The molecule has 0 saturated carbocycles. The van der Waals surface area contributed by atoms with E-state index in [0.29, 0.717) is 0 Å². The zero-order chi connectivity index (χ0) is 9.12. The fourth-order valence-electron chi connectivity index (χ4n) is 0.597. The summed E-state index contributed by atoms with van der Waals surface area (Å²) >= 11 is 0. The summed E-state index contributed by atoms with van der Waals surface area (Å²) in [7, 11) is -4.29. The number of halogens is 3. The lowest BCUT2D eigenvalue weighted by Crippen LogP contribution is -2.57. The molecule has 0 aromatic carbocycles. The lowest BCUT2D eigenvalue weighted by atomic mass is 11.5. The second-order valence-electron chi connectivity index (χ2n) is 1.67. The van der Waals surface area contributed by atoms with Gasteiger partial charge in [-0.2, -0.15) is 13.2 Å². The molecule has 0 amide bonds. The van der Waals surface area contributed by atoms with Crippen molar-refractivity contribution in [2.45, 2.75) is 5.80 Å². The summed E-state index contributed by atoms with van der Waals surface area (Å²) in [6, 6.07) is 0. The molecule has 0 aromatic heterocycles. The topological polar surface area (TPSA) is 27.7 Å². The SMILES string of the molecule is FC(F)(F)[Si](O[SiH3])(O[SiH3])O[SiH3]. The number of alkyl halides is 3. The minimum atomic E-state index is -4.46. The molecule has 68 valence electrons. The van der Waals surface area contributed by atoms with Crippen LogP contribution in [-0.2, 0) is 12.3 Å². The summed E-state index contributed by atoms with van der Waals surface area (Å²) in [4.78, 5) is 0. The van der Waals surface area contributed by atoms with E-state index in [1.165, 1.54) is 0 Å². The molecule has 0 unspecified atom stereocenters. The van der Waals surface area contributed by atoms with E-state index in [1.807, 2.05) is 0 Å². The molecular weight excluding hydrogens is 229 g/mol. The van der Waals surface area contributed by atoms with Crippen molar-refractivity contribution in [1.29, 1.82) is 0 Å². The molecule has 3 nitrogen and oxygen atoms in total. The van der Waals surface area contributed by atoms with Gasteiger partial charge in [0.25, 0.3) is 0 Å². The third kappa shape index (κ3) is 2.24. The summed E-state index contributed by atoms with van der Waals surface area (Å²) in [6.45, 7) is 0. The lowest BCUT2D eigenvalue weighted by Gasteiger charge is -2.27. The highest BCUT2D eigenvalue weighted by molar-refractivity contribution is 6.71. The third-order valence-electron chi connectivity index (χ3n) is 1.15. The normalized spacial score (nSPS) is 18.8. The van der Waals surface area contributed by atoms with Gasteiger partial charge < -0.3 is 12.3 Å². The highest BCUT2D eigenvalue weighted by atomic mass is 28.5. The van der Waals surface area contributed by atoms with Crippen molar-refractivity contribution in [3.8, 4) is 0 Å². The predicted octanol–water partition coefficient (Wildman–Crippen LogP) is -3.08. The Kier molecular flexibility index (Phi) is 4.16. The van der Waals surface area contributed by atoms with Gasteiger partial charge in [-0.1, -0.05) is 0 Å². The molecule has 0 aliphatic heterocycles. The quantitative estimate of drug-likeness (QED) is 0.488. The molecule has 0 fully saturated rings. The molecule has 10 heteroatoms. The van der Waals surface area contributed by atoms with Crippen molar-refractivity contribution in [3.63, 3.8) is 0 Å². The van der Waals surface area contributed by atoms with Crippen molar-refractivity contribution in [3.05, 3.63) is 0 Å². The largest absolute Gasteiger partial charge is 0.583 e. The Morgan fingerprint density at radius 3 is 1.18 bits per heavy atom. The Morgan fingerprint density at radius 1 is 0.909 bits per heavy atom. The van der Waals surface area contributed by atoms with Gasteiger partial charge in [-0.15, -0.1) is 0 Å². The van der Waals surface area contributed by atoms with Crippen LogP contribution in [0.1, 0.15) is 0 Å². The molecule has 0 rings (SSSR count). The molecule has 0 aliphatic rings. The second kappa shape index (κ2) is 3.97. The average Bonchev–Trinajstić information content (AvgIpc) is 1.90. The minimum Gasteiger partial charge on any atom is -0.420 e. The van der Waals surface area contributed by atoms with Gasteiger partial charge in [0.05, 0.1) is 0 Å². The van der Waals surface area contributed by atoms with E-state index >= 15 is 0 Å². The van der Waals surface area contributed by atoms with Gasteiger partial charge in [-0.25, -0.2) is 0 Å². The minimum absolute atomic E-state index is 0.0176. The second-order valence-corrected chi connectivity index (χ2v) is 8.24. The van der Waals surface area contributed by atoms with E-state index in [4.69, 9.17) is 0 Å². The number of hydrogen-bond acceptors (Lipinski definition) is 3.